The molecule has 5 rings (SSSR count). The Kier molecular flexibility index (Phi) is 5.66. The Labute approximate surface area is 193 Å². The molecule has 0 unspecified atom stereocenters. The fraction of sp³-hybridized carbons (Fsp3) is 0.375. The number of nitrogens with zero attached hydrogens (tertiary/aromatic N) is 3. The van der Waals surface area contributed by atoms with Crippen LogP contribution in [0.4, 0.5) is 13.2 Å². The molecule has 2 aromatic carbocycles. The number of aromatic nitrogens is 3. The minimum atomic E-state index is -4.73. The average Bonchev–Trinajstić information content (AvgIpc) is 3.45. The van der Waals surface area contributed by atoms with E-state index in [-0.39, 0.29) is 29.2 Å². The van der Waals surface area contributed by atoms with E-state index in [9.17, 15) is 22.8 Å². The van der Waals surface area contributed by atoms with Crippen molar-refractivity contribution in [3.63, 3.8) is 0 Å². The number of likely N-dealkylation sites (tertiary alicyclic amines) is 1. The van der Waals surface area contributed by atoms with Crippen LogP contribution in [0.25, 0.3) is 22.5 Å². The first kappa shape index (κ1) is 22.2. The molecule has 7 nitrogen and oxygen atoms in total. The highest BCUT2D eigenvalue weighted by Crippen LogP contribution is 2.33. The van der Waals surface area contributed by atoms with E-state index in [2.05, 4.69) is 14.9 Å². The molecule has 0 bridgehead atoms. The molecule has 1 amide bonds. The van der Waals surface area contributed by atoms with Crippen molar-refractivity contribution in [2.75, 3.05) is 13.1 Å². The highest BCUT2D eigenvalue weighted by Gasteiger charge is 2.37. The third kappa shape index (κ3) is 4.85. The lowest BCUT2D eigenvalue weighted by atomic mass is 10.0. The van der Waals surface area contributed by atoms with Crippen molar-refractivity contribution >= 4 is 5.91 Å². The van der Waals surface area contributed by atoms with Gasteiger partial charge in [0, 0.05) is 31.1 Å². The molecule has 2 heterocycles. The standard InChI is InChI=1S/C24H23F3N4O3/c25-24(26,27)34-20-9-7-17(8-10-20)16-1-3-18(4-2-16)21-28-29-23(33)31(21)14-15-11-12-30(13-15)22(32)19-5-6-19/h1-4,7-10,15,19H,5-6,11-14H2,(H,29,33)/t15-/m1/s1. The molecule has 1 saturated heterocycles. The van der Waals surface area contributed by atoms with Gasteiger partial charge in [-0.3, -0.25) is 9.36 Å². The second-order valence-corrected chi connectivity index (χ2v) is 8.83. The Hall–Kier alpha value is -3.56. The summed E-state index contributed by atoms with van der Waals surface area (Å²) in [5, 5.41) is 6.70. The Balaban J connectivity index is 1.29. The lowest BCUT2D eigenvalue weighted by molar-refractivity contribution is -0.274. The van der Waals surface area contributed by atoms with Gasteiger partial charge in [0.25, 0.3) is 0 Å². The number of carbonyl (C=O) groups is 1. The van der Waals surface area contributed by atoms with E-state index in [0.717, 1.165) is 42.5 Å². The van der Waals surface area contributed by atoms with Gasteiger partial charge in [0.15, 0.2) is 5.82 Å². The van der Waals surface area contributed by atoms with Gasteiger partial charge in [0.2, 0.25) is 5.91 Å². The molecule has 3 aromatic rings. The largest absolute Gasteiger partial charge is 0.573 e. The zero-order valence-corrected chi connectivity index (χ0v) is 18.2. The van der Waals surface area contributed by atoms with Gasteiger partial charge in [0.1, 0.15) is 5.75 Å². The van der Waals surface area contributed by atoms with Crippen molar-refractivity contribution in [2.24, 2.45) is 11.8 Å². The molecule has 2 aliphatic rings. The van der Waals surface area contributed by atoms with Crippen molar-refractivity contribution in [2.45, 2.75) is 32.2 Å². The van der Waals surface area contributed by atoms with Crippen molar-refractivity contribution in [1.82, 2.24) is 19.7 Å². The van der Waals surface area contributed by atoms with Crippen molar-refractivity contribution < 1.29 is 22.7 Å². The van der Waals surface area contributed by atoms with E-state index in [0.29, 0.717) is 18.9 Å². The van der Waals surface area contributed by atoms with Crippen LogP contribution >= 0.6 is 0 Å². The SMILES string of the molecule is O=C(C1CC1)N1CC[C@@H](Cn2c(-c3ccc(-c4ccc(OC(F)(F)F)cc4)cc3)n[nH]c2=O)C1. The molecule has 178 valence electrons. The summed E-state index contributed by atoms with van der Waals surface area (Å²) in [5.41, 5.74) is 1.97. The molecule has 1 saturated carbocycles. The molecule has 1 N–H and O–H groups in total. The Morgan fingerprint density at radius 1 is 1.00 bits per heavy atom. The zero-order valence-electron chi connectivity index (χ0n) is 18.2. The summed E-state index contributed by atoms with van der Waals surface area (Å²) in [4.78, 5) is 26.7. The number of alkyl halides is 3. The molecule has 1 aliphatic carbocycles. The molecule has 1 aliphatic heterocycles. The number of aromatic amines is 1. The molecule has 34 heavy (non-hydrogen) atoms. The van der Waals surface area contributed by atoms with Crippen molar-refractivity contribution in [1.29, 1.82) is 0 Å². The number of rotatable bonds is 6. The molecule has 1 aromatic heterocycles. The number of hydrogen-bond acceptors (Lipinski definition) is 4. The van der Waals surface area contributed by atoms with Gasteiger partial charge in [-0.15, -0.1) is 13.2 Å². The van der Waals surface area contributed by atoms with Crippen LogP contribution in [0.3, 0.4) is 0 Å². The quantitative estimate of drug-likeness (QED) is 0.587. The first-order valence-corrected chi connectivity index (χ1v) is 11.2. The summed E-state index contributed by atoms with van der Waals surface area (Å²) >= 11 is 0. The lowest BCUT2D eigenvalue weighted by Gasteiger charge is -2.16. The Morgan fingerprint density at radius 3 is 2.24 bits per heavy atom. The number of benzene rings is 2. The van der Waals surface area contributed by atoms with E-state index in [4.69, 9.17) is 0 Å². The maximum atomic E-state index is 12.4. The van der Waals surface area contributed by atoms with Crippen LogP contribution in [0.15, 0.2) is 53.3 Å². The fourth-order valence-corrected chi connectivity index (χ4v) is 4.40. The summed E-state index contributed by atoms with van der Waals surface area (Å²) in [7, 11) is 0. The molecule has 1 atom stereocenters. The van der Waals surface area contributed by atoms with Gasteiger partial charge in [-0.05, 0) is 48.4 Å². The van der Waals surface area contributed by atoms with Crippen LogP contribution in [0.5, 0.6) is 5.75 Å². The first-order chi connectivity index (χ1) is 16.3. The number of amides is 1. The third-order valence-electron chi connectivity index (χ3n) is 6.29. The second-order valence-electron chi connectivity index (χ2n) is 8.83. The van der Waals surface area contributed by atoms with E-state index >= 15 is 0 Å². The number of carbonyl (C=O) groups excluding carboxylic acids is 1. The van der Waals surface area contributed by atoms with Crippen LogP contribution in [-0.4, -0.2) is 45.0 Å². The zero-order chi connectivity index (χ0) is 23.9. The number of hydrogen-bond donors (Lipinski definition) is 1. The molecular formula is C24H23F3N4O3. The van der Waals surface area contributed by atoms with Crippen LogP contribution in [0.1, 0.15) is 19.3 Å². The van der Waals surface area contributed by atoms with Crippen LogP contribution in [0, 0.1) is 11.8 Å². The van der Waals surface area contributed by atoms with E-state index in [1.54, 1.807) is 16.7 Å². The van der Waals surface area contributed by atoms with E-state index in [1.165, 1.54) is 12.1 Å². The topological polar surface area (TPSA) is 80.2 Å². The summed E-state index contributed by atoms with van der Waals surface area (Å²) in [5.74, 6) is 0.845. The molecule has 0 radical (unpaired) electrons. The smallest absolute Gasteiger partial charge is 0.406 e. The summed E-state index contributed by atoms with van der Waals surface area (Å²) < 4.78 is 42.6. The molecule has 2 fully saturated rings. The van der Waals surface area contributed by atoms with E-state index in [1.807, 2.05) is 29.2 Å². The Bertz CT molecular complexity index is 1230. The number of ether oxygens (including phenoxy) is 1. The molecule has 10 heteroatoms. The maximum Gasteiger partial charge on any atom is 0.573 e. The maximum absolute atomic E-state index is 12.4. The van der Waals surface area contributed by atoms with Crippen LogP contribution in [0.2, 0.25) is 0 Å². The monoisotopic (exact) mass is 472 g/mol. The second kappa shape index (κ2) is 8.66. The normalized spacial score (nSPS) is 18.3. The highest BCUT2D eigenvalue weighted by molar-refractivity contribution is 5.81. The minimum absolute atomic E-state index is 0.188. The fourth-order valence-electron chi connectivity index (χ4n) is 4.40. The van der Waals surface area contributed by atoms with Gasteiger partial charge in [-0.2, -0.15) is 5.10 Å². The van der Waals surface area contributed by atoms with Crippen molar-refractivity contribution in [3.05, 3.63) is 59.0 Å². The number of H-pyrrole nitrogens is 1. The van der Waals surface area contributed by atoms with E-state index < -0.39 is 6.36 Å². The lowest BCUT2D eigenvalue weighted by Crippen LogP contribution is -2.31. The van der Waals surface area contributed by atoms with Gasteiger partial charge in [-0.1, -0.05) is 36.4 Å². The predicted octanol–water partition coefficient (Wildman–Crippen LogP) is 4.06. The molecule has 0 spiro atoms. The average molecular weight is 472 g/mol. The first-order valence-electron chi connectivity index (χ1n) is 11.2. The summed E-state index contributed by atoms with van der Waals surface area (Å²) in [6, 6.07) is 12.9. The highest BCUT2D eigenvalue weighted by atomic mass is 19.4. The Morgan fingerprint density at radius 2 is 1.62 bits per heavy atom. The van der Waals surface area contributed by atoms with Gasteiger partial charge in [0.05, 0.1) is 0 Å². The third-order valence-corrected chi connectivity index (χ3v) is 6.29. The minimum Gasteiger partial charge on any atom is -0.406 e. The summed E-state index contributed by atoms with van der Waals surface area (Å²) in [6.45, 7) is 1.85. The van der Waals surface area contributed by atoms with Gasteiger partial charge < -0.3 is 9.64 Å². The number of halogens is 3. The van der Waals surface area contributed by atoms with Crippen molar-refractivity contribution in [3.8, 4) is 28.3 Å². The van der Waals surface area contributed by atoms with Gasteiger partial charge >= 0.3 is 12.1 Å². The summed E-state index contributed by atoms with van der Waals surface area (Å²) in [6.07, 6.45) is -1.92. The van der Waals surface area contributed by atoms with Gasteiger partial charge in [-0.25, -0.2) is 9.89 Å². The molecular weight excluding hydrogens is 449 g/mol. The number of nitrogens with one attached hydrogen (secondary N) is 1. The van der Waals surface area contributed by atoms with Crippen LogP contribution < -0.4 is 10.4 Å². The predicted molar refractivity (Wildman–Crippen MR) is 118 cm³/mol. The van der Waals surface area contributed by atoms with Crippen LogP contribution in [-0.2, 0) is 11.3 Å².